The lowest BCUT2D eigenvalue weighted by Crippen LogP contribution is -2.09. The number of aromatic nitrogens is 3. The van der Waals surface area contributed by atoms with Crippen molar-refractivity contribution < 1.29 is 19.0 Å². The van der Waals surface area contributed by atoms with Crippen LogP contribution in [0.4, 0.5) is 0 Å². The predicted molar refractivity (Wildman–Crippen MR) is 107 cm³/mol. The minimum atomic E-state index is -0.570. The second kappa shape index (κ2) is 8.85. The van der Waals surface area contributed by atoms with Crippen LogP contribution >= 0.6 is 22.6 Å². The molecule has 0 atom stereocenters. The van der Waals surface area contributed by atoms with Gasteiger partial charge in [-0.1, -0.05) is 23.4 Å². The molecule has 2 aromatic carbocycles. The van der Waals surface area contributed by atoms with Crippen LogP contribution in [0, 0.1) is 3.57 Å². The average Bonchev–Trinajstić information content (AvgIpc) is 3.05. The number of hydrogen-bond acceptors (Lipinski definition) is 6. The van der Waals surface area contributed by atoms with Gasteiger partial charge in [0, 0.05) is 3.57 Å². The maximum Gasteiger partial charge on any atom is 0.364 e. The van der Waals surface area contributed by atoms with Gasteiger partial charge >= 0.3 is 5.97 Å². The molecule has 0 saturated carbocycles. The van der Waals surface area contributed by atoms with Gasteiger partial charge in [-0.3, -0.25) is 0 Å². The Hall–Kier alpha value is -2.62. The normalized spacial score (nSPS) is 10.5. The maximum atomic E-state index is 12.2. The van der Waals surface area contributed by atoms with Crippen molar-refractivity contribution in [1.29, 1.82) is 0 Å². The number of esters is 1. The Labute approximate surface area is 170 Å². The molecule has 0 aliphatic carbocycles. The Morgan fingerprint density at radius 3 is 2.59 bits per heavy atom. The van der Waals surface area contributed by atoms with Gasteiger partial charge in [0.2, 0.25) is 5.69 Å². The fourth-order valence-electron chi connectivity index (χ4n) is 2.38. The number of nitrogens with zero attached hydrogens (tertiary/aromatic N) is 3. The summed E-state index contributed by atoms with van der Waals surface area (Å²) in [4.78, 5) is 12.2. The van der Waals surface area contributed by atoms with Crippen molar-refractivity contribution in [2.75, 3.05) is 13.7 Å². The van der Waals surface area contributed by atoms with Crippen LogP contribution in [-0.4, -0.2) is 34.7 Å². The van der Waals surface area contributed by atoms with E-state index in [9.17, 15) is 4.79 Å². The molecular formula is C19H18IN3O4. The zero-order chi connectivity index (χ0) is 19.2. The van der Waals surface area contributed by atoms with E-state index >= 15 is 0 Å². The first-order chi connectivity index (χ1) is 13.1. The van der Waals surface area contributed by atoms with Gasteiger partial charge in [-0.05, 0) is 65.4 Å². The summed E-state index contributed by atoms with van der Waals surface area (Å²) in [5.41, 5.74) is 1.01. The molecule has 0 N–H and O–H groups in total. The van der Waals surface area contributed by atoms with E-state index in [-0.39, 0.29) is 18.2 Å². The van der Waals surface area contributed by atoms with Gasteiger partial charge in [-0.15, -0.1) is 5.10 Å². The standard InChI is InChI=1S/C19H18IN3O4/c1-3-26-19(24)17-18(27-16-6-4-5-14(20)11-16)23(22-21-17)12-13-7-9-15(25-2)10-8-13/h4-11H,3,12H2,1-2H3. The summed E-state index contributed by atoms with van der Waals surface area (Å²) in [5.74, 6) is 1.02. The fraction of sp³-hybridized carbons (Fsp3) is 0.211. The quantitative estimate of drug-likeness (QED) is 0.378. The van der Waals surface area contributed by atoms with Crippen LogP contribution in [0.5, 0.6) is 17.4 Å². The van der Waals surface area contributed by atoms with Crippen molar-refractivity contribution in [2.45, 2.75) is 13.5 Å². The number of carbonyl (C=O) groups is 1. The van der Waals surface area contributed by atoms with Crippen LogP contribution in [0.3, 0.4) is 0 Å². The molecule has 0 aliphatic heterocycles. The predicted octanol–water partition coefficient (Wildman–Crippen LogP) is 3.91. The Bertz CT molecular complexity index is 925. The molecule has 27 heavy (non-hydrogen) atoms. The van der Waals surface area contributed by atoms with Crippen molar-refractivity contribution in [1.82, 2.24) is 15.0 Å². The molecule has 7 nitrogen and oxygen atoms in total. The minimum Gasteiger partial charge on any atom is -0.497 e. The highest BCUT2D eigenvalue weighted by atomic mass is 127. The molecule has 3 rings (SSSR count). The van der Waals surface area contributed by atoms with E-state index in [0.29, 0.717) is 12.3 Å². The van der Waals surface area contributed by atoms with Crippen molar-refractivity contribution in [3.63, 3.8) is 0 Å². The SMILES string of the molecule is CCOC(=O)c1nnn(Cc2ccc(OC)cc2)c1Oc1cccc(I)c1. The van der Waals surface area contributed by atoms with Crippen molar-refractivity contribution in [3.05, 3.63) is 63.4 Å². The molecular weight excluding hydrogens is 461 g/mol. The van der Waals surface area contributed by atoms with E-state index < -0.39 is 5.97 Å². The number of hydrogen-bond donors (Lipinski definition) is 0. The topological polar surface area (TPSA) is 75.5 Å². The fourth-order valence-corrected chi connectivity index (χ4v) is 2.90. The number of halogens is 1. The Morgan fingerprint density at radius 1 is 1.15 bits per heavy atom. The molecule has 1 aromatic heterocycles. The van der Waals surface area contributed by atoms with E-state index in [1.54, 1.807) is 14.0 Å². The minimum absolute atomic E-state index is 0.0456. The van der Waals surface area contributed by atoms with Gasteiger partial charge in [-0.2, -0.15) is 0 Å². The number of benzene rings is 2. The smallest absolute Gasteiger partial charge is 0.364 e. The van der Waals surface area contributed by atoms with Gasteiger partial charge in [0.25, 0.3) is 5.88 Å². The van der Waals surface area contributed by atoms with E-state index in [1.165, 1.54) is 4.68 Å². The van der Waals surface area contributed by atoms with Gasteiger partial charge in [0.1, 0.15) is 11.5 Å². The third-order valence-corrected chi connectivity index (χ3v) is 4.33. The Kier molecular flexibility index (Phi) is 6.28. The van der Waals surface area contributed by atoms with Crippen LogP contribution < -0.4 is 9.47 Å². The van der Waals surface area contributed by atoms with Crippen LogP contribution in [0.15, 0.2) is 48.5 Å². The Balaban J connectivity index is 1.93. The summed E-state index contributed by atoms with van der Waals surface area (Å²) < 4.78 is 18.7. The molecule has 140 valence electrons. The molecule has 0 bridgehead atoms. The second-order valence-corrected chi connectivity index (χ2v) is 6.77. The number of ether oxygens (including phenoxy) is 3. The molecule has 0 amide bonds. The molecule has 0 radical (unpaired) electrons. The lowest BCUT2D eigenvalue weighted by molar-refractivity contribution is 0.0516. The van der Waals surface area contributed by atoms with E-state index in [1.807, 2.05) is 48.5 Å². The highest BCUT2D eigenvalue weighted by molar-refractivity contribution is 14.1. The first kappa shape index (κ1) is 19.2. The molecule has 8 heteroatoms. The van der Waals surface area contributed by atoms with Gasteiger partial charge in [-0.25, -0.2) is 9.48 Å². The van der Waals surface area contributed by atoms with E-state index in [0.717, 1.165) is 14.9 Å². The Morgan fingerprint density at radius 2 is 1.93 bits per heavy atom. The summed E-state index contributed by atoms with van der Waals surface area (Å²) in [6.45, 7) is 2.36. The summed E-state index contributed by atoms with van der Waals surface area (Å²) in [6.07, 6.45) is 0. The third-order valence-electron chi connectivity index (χ3n) is 3.66. The summed E-state index contributed by atoms with van der Waals surface area (Å²) in [7, 11) is 1.62. The highest BCUT2D eigenvalue weighted by Gasteiger charge is 2.23. The highest BCUT2D eigenvalue weighted by Crippen LogP contribution is 2.27. The lowest BCUT2D eigenvalue weighted by Gasteiger charge is -2.10. The molecule has 3 aromatic rings. The van der Waals surface area contributed by atoms with Crippen LogP contribution in [0.25, 0.3) is 0 Å². The summed E-state index contributed by atoms with van der Waals surface area (Å²) in [6, 6.07) is 15.0. The monoisotopic (exact) mass is 479 g/mol. The molecule has 0 fully saturated rings. The van der Waals surface area contributed by atoms with Crippen LogP contribution in [0.2, 0.25) is 0 Å². The number of rotatable bonds is 7. The number of carbonyl (C=O) groups excluding carboxylic acids is 1. The average molecular weight is 479 g/mol. The maximum absolute atomic E-state index is 12.2. The van der Waals surface area contributed by atoms with Gasteiger partial charge < -0.3 is 14.2 Å². The lowest BCUT2D eigenvalue weighted by atomic mass is 10.2. The van der Waals surface area contributed by atoms with Gasteiger partial charge in [0.05, 0.1) is 20.3 Å². The molecule has 0 saturated heterocycles. The van der Waals surface area contributed by atoms with Crippen molar-refractivity contribution >= 4 is 28.6 Å². The second-order valence-electron chi connectivity index (χ2n) is 5.53. The number of methoxy groups -OCH3 is 1. The molecule has 0 unspecified atom stereocenters. The third kappa shape index (κ3) is 4.76. The summed E-state index contributed by atoms with van der Waals surface area (Å²) in [5, 5.41) is 8.05. The van der Waals surface area contributed by atoms with E-state index in [2.05, 4.69) is 32.9 Å². The zero-order valence-electron chi connectivity index (χ0n) is 14.9. The molecule has 0 spiro atoms. The summed E-state index contributed by atoms with van der Waals surface area (Å²) >= 11 is 2.19. The van der Waals surface area contributed by atoms with Crippen molar-refractivity contribution in [3.8, 4) is 17.4 Å². The van der Waals surface area contributed by atoms with Crippen LogP contribution in [0.1, 0.15) is 23.0 Å². The molecule has 0 aliphatic rings. The molecule has 1 heterocycles. The van der Waals surface area contributed by atoms with Crippen molar-refractivity contribution in [2.24, 2.45) is 0 Å². The largest absolute Gasteiger partial charge is 0.497 e. The van der Waals surface area contributed by atoms with Gasteiger partial charge in [0.15, 0.2) is 0 Å². The first-order valence-electron chi connectivity index (χ1n) is 8.27. The van der Waals surface area contributed by atoms with E-state index in [4.69, 9.17) is 14.2 Å². The van der Waals surface area contributed by atoms with Crippen LogP contribution in [-0.2, 0) is 11.3 Å². The zero-order valence-corrected chi connectivity index (χ0v) is 17.0. The first-order valence-corrected chi connectivity index (χ1v) is 9.35.